The number of H-pyrrole nitrogens is 1. The van der Waals surface area contributed by atoms with Crippen molar-refractivity contribution < 1.29 is 37.0 Å². The molecule has 0 aliphatic heterocycles. The Balaban J connectivity index is 2.22. The summed E-state index contributed by atoms with van der Waals surface area (Å²) in [5, 5.41) is 2.20. The van der Waals surface area contributed by atoms with Gasteiger partial charge in [-0.15, -0.1) is 0 Å². The second-order valence-corrected chi connectivity index (χ2v) is 7.55. The largest absolute Gasteiger partial charge is 0.461 e. The molecule has 1 fully saturated rings. The van der Waals surface area contributed by atoms with Crippen molar-refractivity contribution in [2.75, 3.05) is 31.3 Å². The molecule has 1 aliphatic rings. The molecule has 0 bridgehead atoms. The average molecular weight is 480 g/mol. The second-order valence-electron chi connectivity index (χ2n) is 7.16. The SMILES string of the molecule is CCOC(=O)NC(=S)N(CCOC1(C(F)(F)F)CCCCC1)c1cc[nH]c1C(=O)OCC. The number of nitrogens with one attached hydrogen (secondary N) is 2. The maximum atomic E-state index is 13.8. The first-order valence-electron chi connectivity index (χ1n) is 10.5. The molecule has 1 amide bonds. The second kappa shape index (κ2) is 11.5. The van der Waals surface area contributed by atoms with Crippen molar-refractivity contribution in [1.29, 1.82) is 0 Å². The first kappa shape index (κ1) is 25.9. The number of hydrogen-bond acceptors (Lipinski definition) is 6. The van der Waals surface area contributed by atoms with E-state index < -0.39 is 23.8 Å². The molecule has 0 aromatic carbocycles. The van der Waals surface area contributed by atoms with E-state index in [2.05, 4.69) is 10.3 Å². The molecular weight excluding hydrogens is 451 g/mol. The van der Waals surface area contributed by atoms with Crippen LogP contribution in [0.4, 0.5) is 23.7 Å². The number of alkyl carbamates (subject to hydrolysis) is 1. The molecule has 1 aromatic rings. The molecule has 180 valence electrons. The van der Waals surface area contributed by atoms with Crippen LogP contribution in [0.25, 0.3) is 0 Å². The van der Waals surface area contributed by atoms with Crippen molar-refractivity contribution in [1.82, 2.24) is 10.3 Å². The molecule has 2 N–H and O–H groups in total. The lowest BCUT2D eigenvalue weighted by Gasteiger charge is -2.39. The van der Waals surface area contributed by atoms with Crippen molar-refractivity contribution in [3.63, 3.8) is 0 Å². The Morgan fingerprint density at radius 2 is 1.84 bits per heavy atom. The van der Waals surface area contributed by atoms with E-state index >= 15 is 0 Å². The molecule has 0 unspecified atom stereocenters. The van der Waals surface area contributed by atoms with Gasteiger partial charge in [0, 0.05) is 12.7 Å². The van der Waals surface area contributed by atoms with E-state index in [1.165, 1.54) is 17.2 Å². The lowest BCUT2D eigenvalue weighted by Crippen LogP contribution is -2.51. The Bertz CT molecular complexity index is 794. The van der Waals surface area contributed by atoms with Gasteiger partial charge in [0.25, 0.3) is 0 Å². The number of thiocarbonyl (C=S) groups is 1. The number of alkyl halides is 3. The Morgan fingerprint density at radius 1 is 1.19 bits per heavy atom. The molecule has 1 aliphatic carbocycles. The lowest BCUT2D eigenvalue weighted by molar-refractivity contribution is -0.286. The molecule has 1 heterocycles. The van der Waals surface area contributed by atoms with E-state index in [-0.39, 0.29) is 55.7 Å². The first-order valence-corrected chi connectivity index (χ1v) is 10.9. The Morgan fingerprint density at radius 3 is 2.44 bits per heavy atom. The predicted molar refractivity (Wildman–Crippen MR) is 115 cm³/mol. The maximum absolute atomic E-state index is 13.8. The van der Waals surface area contributed by atoms with Crippen LogP contribution in [-0.2, 0) is 14.2 Å². The van der Waals surface area contributed by atoms with Gasteiger partial charge in [-0.2, -0.15) is 13.2 Å². The zero-order valence-electron chi connectivity index (χ0n) is 18.0. The van der Waals surface area contributed by atoms with Crippen LogP contribution in [0.5, 0.6) is 0 Å². The lowest BCUT2D eigenvalue weighted by atomic mass is 9.84. The number of amides is 1. The van der Waals surface area contributed by atoms with Gasteiger partial charge in [-0.05, 0) is 45.0 Å². The normalized spacial score (nSPS) is 15.7. The van der Waals surface area contributed by atoms with Crippen LogP contribution in [0, 0.1) is 0 Å². The van der Waals surface area contributed by atoms with Crippen LogP contribution in [0.3, 0.4) is 0 Å². The van der Waals surface area contributed by atoms with Crippen molar-refractivity contribution in [3.05, 3.63) is 18.0 Å². The Kier molecular flexibility index (Phi) is 9.32. The minimum absolute atomic E-state index is 0.0445. The quantitative estimate of drug-likeness (QED) is 0.424. The molecule has 0 atom stereocenters. The minimum Gasteiger partial charge on any atom is -0.461 e. The Hall–Kier alpha value is -2.34. The molecule has 1 aromatic heterocycles. The number of anilines is 1. The number of carbonyl (C=O) groups is 2. The van der Waals surface area contributed by atoms with E-state index in [1.54, 1.807) is 13.8 Å². The van der Waals surface area contributed by atoms with Crippen molar-refractivity contribution in [2.24, 2.45) is 0 Å². The van der Waals surface area contributed by atoms with Crippen LogP contribution in [0.15, 0.2) is 12.3 Å². The summed E-state index contributed by atoms with van der Waals surface area (Å²) in [5.74, 6) is -0.670. The molecule has 0 saturated heterocycles. The molecule has 32 heavy (non-hydrogen) atoms. The van der Waals surface area contributed by atoms with Gasteiger partial charge in [-0.1, -0.05) is 19.3 Å². The zero-order chi connectivity index (χ0) is 23.8. The van der Waals surface area contributed by atoms with Crippen molar-refractivity contribution >= 4 is 35.1 Å². The molecule has 2 rings (SSSR count). The maximum Gasteiger partial charge on any atom is 0.417 e. The van der Waals surface area contributed by atoms with Gasteiger partial charge >= 0.3 is 18.2 Å². The summed E-state index contributed by atoms with van der Waals surface area (Å²) in [4.78, 5) is 28.1. The number of nitrogens with zero attached hydrogens (tertiary/aromatic N) is 1. The third-order valence-corrected chi connectivity index (χ3v) is 5.42. The summed E-state index contributed by atoms with van der Waals surface area (Å²) in [6.07, 6.45) is -2.51. The number of rotatable bonds is 8. The van der Waals surface area contributed by atoms with E-state index in [1.807, 2.05) is 0 Å². The van der Waals surface area contributed by atoms with Crippen molar-refractivity contribution in [2.45, 2.75) is 57.7 Å². The number of hydrogen-bond donors (Lipinski definition) is 2. The fourth-order valence-corrected chi connectivity index (χ4v) is 3.84. The van der Waals surface area contributed by atoms with Crippen LogP contribution >= 0.6 is 12.2 Å². The van der Waals surface area contributed by atoms with E-state index in [0.717, 1.165) is 6.42 Å². The predicted octanol–water partition coefficient (Wildman–Crippen LogP) is 4.31. The Labute approximate surface area is 189 Å². The summed E-state index contributed by atoms with van der Waals surface area (Å²) in [7, 11) is 0. The number of halogens is 3. The highest BCUT2D eigenvalue weighted by Gasteiger charge is 2.55. The molecular formula is C20H28F3N3O5S. The number of esters is 1. The van der Waals surface area contributed by atoms with Gasteiger partial charge in [0.05, 0.1) is 25.5 Å². The van der Waals surface area contributed by atoms with Gasteiger partial charge in [0.2, 0.25) is 0 Å². The standard InChI is InChI=1S/C20H28F3N3O5S/c1-3-29-16(27)15-14(8-11-24-15)26(17(32)25-18(28)30-4-2)12-13-31-19(20(21,22)23)9-6-5-7-10-19/h8,11,24H,3-7,9-10,12-13H2,1-2H3,(H,25,28,32). The third kappa shape index (κ3) is 6.35. The van der Waals surface area contributed by atoms with Gasteiger partial charge in [0.1, 0.15) is 5.69 Å². The summed E-state index contributed by atoms with van der Waals surface area (Å²) < 4.78 is 56.5. The zero-order valence-corrected chi connectivity index (χ0v) is 18.9. The number of aromatic nitrogens is 1. The minimum atomic E-state index is -4.51. The average Bonchev–Trinajstić information content (AvgIpc) is 3.21. The summed E-state index contributed by atoms with van der Waals surface area (Å²) in [5.41, 5.74) is -1.93. The number of carbonyl (C=O) groups excluding carboxylic acids is 2. The fraction of sp³-hybridized carbons (Fsp3) is 0.650. The molecule has 12 heteroatoms. The highest BCUT2D eigenvalue weighted by molar-refractivity contribution is 7.80. The summed E-state index contributed by atoms with van der Waals surface area (Å²) >= 11 is 5.27. The molecule has 0 radical (unpaired) electrons. The topological polar surface area (TPSA) is 92.9 Å². The van der Waals surface area contributed by atoms with Crippen LogP contribution in [-0.4, -0.2) is 60.3 Å². The highest BCUT2D eigenvalue weighted by atomic mass is 32.1. The van der Waals surface area contributed by atoms with E-state index in [4.69, 9.17) is 26.4 Å². The van der Waals surface area contributed by atoms with E-state index in [9.17, 15) is 22.8 Å². The monoisotopic (exact) mass is 479 g/mol. The van der Waals surface area contributed by atoms with Gasteiger partial charge in [-0.3, -0.25) is 5.32 Å². The van der Waals surface area contributed by atoms with E-state index in [0.29, 0.717) is 12.8 Å². The van der Waals surface area contributed by atoms with Gasteiger partial charge in [-0.25, -0.2) is 9.59 Å². The molecule has 0 spiro atoms. The third-order valence-electron chi connectivity index (χ3n) is 5.10. The number of aromatic amines is 1. The van der Waals surface area contributed by atoms with Gasteiger partial charge in [0.15, 0.2) is 10.7 Å². The highest BCUT2D eigenvalue weighted by Crippen LogP contribution is 2.44. The number of ether oxygens (including phenoxy) is 3. The first-order chi connectivity index (χ1) is 15.1. The summed E-state index contributed by atoms with van der Waals surface area (Å²) in [6, 6.07) is 1.51. The molecule has 8 nitrogen and oxygen atoms in total. The van der Waals surface area contributed by atoms with Crippen LogP contribution in [0.1, 0.15) is 56.4 Å². The summed E-state index contributed by atoms with van der Waals surface area (Å²) in [6.45, 7) is 2.99. The fourth-order valence-electron chi connectivity index (χ4n) is 3.57. The molecule has 1 saturated carbocycles. The van der Waals surface area contributed by atoms with Crippen molar-refractivity contribution in [3.8, 4) is 0 Å². The van der Waals surface area contributed by atoms with Gasteiger partial charge < -0.3 is 24.1 Å². The van der Waals surface area contributed by atoms with Crippen LogP contribution < -0.4 is 10.2 Å². The smallest absolute Gasteiger partial charge is 0.417 e. The van der Waals surface area contributed by atoms with Crippen LogP contribution in [0.2, 0.25) is 0 Å².